The second-order valence-electron chi connectivity index (χ2n) is 4.60. The molecule has 0 bridgehead atoms. The summed E-state index contributed by atoms with van der Waals surface area (Å²) < 4.78 is 0. The minimum Gasteiger partial charge on any atom is -0.363 e. The molecule has 0 saturated heterocycles. The highest BCUT2D eigenvalue weighted by molar-refractivity contribution is 5.31. The molecule has 1 unspecified atom stereocenters. The number of aromatic amines is 1. The molecule has 4 nitrogen and oxygen atoms in total. The second-order valence-corrected chi connectivity index (χ2v) is 4.60. The molecule has 88 valence electrons. The minimum absolute atomic E-state index is 0.134. The molecule has 1 aromatic heterocycles. The maximum atomic E-state index is 11.5. The first-order valence-electron chi connectivity index (χ1n) is 6.07. The number of hydrogen-bond donors (Lipinski definition) is 2. The Morgan fingerprint density at radius 1 is 1.44 bits per heavy atom. The van der Waals surface area contributed by atoms with E-state index in [4.69, 9.17) is 0 Å². The van der Waals surface area contributed by atoms with Crippen LogP contribution in [-0.2, 0) is 0 Å². The molecule has 2 N–H and O–H groups in total. The van der Waals surface area contributed by atoms with Crippen molar-refractivity contribution in [2.24, 2.45) is 5.92 Å². The Labute approximate surface area is 95.5 Å². The number of nitrogens with zero attached hydrogens (tertiary/aromatic N) is 1. The van der Waals surface area contributed by atoms with Crippen LogP contribution >= 0.6 is 0 Å². The lowest BCUT2D eigenvalue weighted by Gasteiger charge is -2.28. The van der Waals surface area contributed by atoms with Gasteiger partial charge in [0.25, 0.3) is 5.56 Å². The van der Waals surface area contributed by atoms with Crippen LogP contribution in [0.5, 0.6) is 0 Å². The zero-order valence-electron chi connectivity index (χ0n) is 9.70. The summed E-state index contributed by atoms with van der Waals surface area (Å²) in [5, 5.41) is 3.22. The van der Waals surface area contributed by atoms with Crippen LogP contribution in [0.1, 0.15) is 39.0 Å². The molecule has 2 rings (SSSR count). The fraction of sp³-hybridized carbons (Fsp3) is 0.667. The van der Waals surface area contributed by atoms with E-state index in [2.05, 4.69) is 22.2 Å². The fourth-order valence-corrected chi connectivity index (χ4v) is 2.42. The Balaban J connectivity index is 1.98. The van der Waals surface area contributed by atoms with Crippen molar-refractivity contribution in [3.05, 3.63) is 22.7 Å². The van der Waals surface area contributed by atoms with Gasteiger partial charge in [-0.2, -0.15) is 0 Å². The zero-order chi connectivity index (χ0) is 11.4. The van der Waals surface area contributed by atoms with Crippen molar-refractivity contribution in [3.63, 3.8) is 0 Å². The van der Waals surface area contributed by atoms with E-state index in [1.807, 2.05) is 0 Å². The minimum atomic E-state index is -0.134. The number of anilines is 1. The molecule has 1 atom stereocenters. The first kappa shape index (κ1) is 11.2. The van der Waals surface area contributed by atoms with Gasteiger partial charge in [0.15, 0.2) is 5.82 Å². The number of nitrogens with one attached hydrogen (secondary N) is 2. The van der Waals surface area contributed by atoms with Crippen LogP contribution in [0.3, 0.4) is 0 Å². The molecule has 0 spiro atoms. The standard InChI is InChI=1S/C12H19N3O/c1-9(10-5-3-2-4-6-10)15-11-12(16)14-8-7-13-11/h7-10H,2-6H2,1H3,(H,13,15)(H,14,16). The van der Waals surface area contributed by atoms with Crippen molar-refractivity contribution in [1.29, 1.82) is 0 Å². The molecule has 0 radical (unpaired) electrons. The molecular weight excluding hydrogens is 202 g/mol. The summed E-state index contributed by atoms with van der Waals surface area (Å²) in [5.41, 5.74) is -0.134. The lowest BCUT2D eigenvalue weighted by Crippen LogP contribution is -2.30. The molecular formula is C12H19N3O. The van der Waals surface area contributed by atoms with Gasteiger partial charge in [0.05, 0.1) is 0 Å². The average molecular weight is 221 g/mol. The summed E-state index contributed by atoms with van der Waals surface area (Å²) in [7, 11) is 0. The van der Waals surface area contributed by atoms with Crippen molar-refractivity contribution in [2.75, 3.05) is 5.32 Å². The Morgan fingerprint density at radius 3 is 2.88 bits per heavy atom. The number of hydrogen-bond acceptors (Lipinski definition) is 3. The van der Waals surface area contributed by atoms with Gasteiger partial charge in [-0.3, -0.25) is 4.79 Å². The van der Waals surface area contributed by atoms with Gasteiger partial charge in [0.2, 0.25) is 0 Å². The van der Waals surface area contributed by atoms with E-state index in [-0.39, 0.29) is 5.56 Å². The van der Waals surface area contributed by atoms with Crippen LogP contribution in [0.15, 0.2) is 17.2 Å². The summed E-state index contributed by atoms with van der Waals surface area (Å²) in [4.78, 5) is 18.1. The summed E-state index contributed by atoms with van der Waals surface area (Å²) in [6, 6.07) is 0.330. The molecule has 1 saturated carbocycles. The second kappa shape index (κ2) is 5.14. The van der Waals surface area contributed by atoms with E-state index in [9.17, 15) is 4.79 Å². The Hall–Kier alpha value is -1.32. The quantitative estimate of drug-likeness (QED) is 0.822. The van der Waals surface area contributed by atoms with Crippen molar-refractivity contribution < 1.29 is 0 Å². The van der Waals surface area contributed by atoms with Crippen molar-refractivity contribution >= 4 is 5.82 Å². The molecule has 0 amide bonds. The monoisotopic (exact) mass is 221 g/mol. The lowest BCUT2D eigenvalue weighted by molar-refractivity contribution is 0.328. The van der Waals surface area contributed by atoms with Gasteiger partial charge in [-0.1, -0.05) is 19.3 Å². The third kappa shape index (κ3) is 2.62. The summed E-state index contributed by atoms with van der Waals surface area (Å²) in [6.45, 7) is 2.14. The van der Waals surface area contributed by atoms with E-state index in [0.29, 0.717) is 17.8 Å². The van der Waals surface area contributed by atoms with Gasteiger partial charge in [0, 0.05) is 18.4 Å². The first-order chi connectivity index (χ1) is 7.77. The molecule has 0 aliphatic heterocycles. The van der Waals surface area contributed by atoms with Gasteiger partial charge >= 0.3 is 0 Å². The van der Waals surface area contributed by atoms with Crippen LogP contribution < -0.4 is 10.9 Å². The lowest BCUT2D eigenvalue weighted by atomic mass is 9.84. The SMILES string of the molecule is CC(Nc1ncc[nH]c1=O)C1CCCCC1. The van der Waals surface area contributed by atoms with E-state index in [0.717, 1.165) is 0 Å². The van der Waals surface area contributed by atoms with Crippen LogP contribution in [0.4, 0.5) is 5.82 Å². The van der Waals surface area contributed by atoms with Crippen LogP contribution in [-0.4, -0.2) is 16.0 Å². The number of aromatic nitrogens is 2. The van der Waals surface area contributed by atoms with Gasteiger partial charge in [0.1, 0.15) is 0 Å². The molecule has 4 heteroatoms. The van der Waals surface area contributed by atoms with Gasteiger partial charge < -0.3 is 10.3 Å². The molecule has 1 heterocycles. The summed E-state index contributed by atoms with van der Waals surface area (Å²) in [5.74, 6) is 1.12. The fourth-order valence-electron chi connectivity index (χ4n) is 2.42. The summed E-state index contributed by atoms with van der Waals surface area (Å²) in [6.07, 6.45) is 9.67. The number of H-pyrrole nitrogens is 1. The Morgan fingerprint density at radius 2 is 2.19 bits per heavy atom. The summed E-state index contributed by atoms with van der Waals surface area (Å²) >= 11 is 0. The number of rotatable bonds is 3. The van der Waals surface area contributed by atoms with Gasteiger partial charge in [-0.05, 0) is 25.7 Å². The predicted molar refractivity (Wildman–Crippen MR) is 64.5 cm³/mol. The van der Waals surface area contributed by atoms with Gasteiger partial charge in [-0.25, -0.2) is 4.98 Å². The van der Waals surface area contributed by atoms with E-state index in [1.54, 1.807) is 12.4 Å². The van der Waals surface area contributed by atoms with E-state index < -0.39 is 0 Å². The average Bonchev–Trinajstić information content (AvgIpc) is 2.33. The Bertz CT molecular complexity index is 382. The van der Waals surface area contributed by atoms with Crippen molar-refractivity contribution in [3.8, 4) is 0 Å². The zero-order valence-corrected chi connectivity index (χ0v) is 9.70. The first-order valence-corrected chi connectivity index (χ1v) is 6.07. The molecule has 0 aromatic carbocycles. The molecule has 1 fully saturated rings. The highest BCUT2D eigenvalue weighted by Gasteiger charge is 2.20. The highest BCUT2D eigenvalue weighted by atomic mass is 16.1. The molecule has 1 aromatic rings. The topological polar surface area (TPSA) is 57.8 Å². The van der Waals surface area contributed by atoms with E-state index in [1.165, 1.54) is 32.1 Å². The van der Waals surface area contributed by atoms with Crippen molar-refractivity contribution in [2.45, 2.75) is 45.1 Å². The highest BCUT2D eigenvalue weighted by Crippen LogP contribution is 2.27. The largest absolute Gasteiger partial charge is 0.363 e. The molecule has 1 aliphatic carbocycles. The predicted octanol–water partition coefficient (Wildman–Crippen LogP) is 2.15. The molecule has 16 heavy (non-hydrogen) atoms. The van der Waals surface area contributed by atoms with Crippen molar-refractivity contribution in [1.82, 2.24) is 9.97 Å². The normalized spacial score (nSPS) is 19.3. The van der Waals surface area contributed by atoms with Crippen LogP contribution in [0, 0.1) is 5.92 Å². The third-order valence-corrected chi connectivity index (χ3v) is 3.43. The Kier molecular flexibility index (Phi) is 3.59. The maximum Gasteiger partial charge on any atom is 0.290 e. The van der Waals surface area contributed by atoms with Gasteiger partial charge in [-0.15, -0.1) is 0 Å². The van der Waals surface area contributed by atoms with E-state index >= 15 is 0 Å². The van der Waals surface area contributed by atoms with Crippen LogP contribution in [0.25, 0.3) is 0 Å². The molecule has 1 aliphatic rings. The smallest absolute Gasteiger partial charge is 0.290 e. The third-order valence-electron chi connectivity index (χ3n) is 3.43. The van der Waals surface area contributed by atoms with Crippen LogP contribution in [0.2, 0.25) is 0 Å². The maximum absolute atomic E-state index is 11.5.